The van der Waals surface area contributed by atoms with Gasteiger partial charge in [-0.25, -0.2) is 0 Å². The molecule has 0 heterocycles. The summed E-state index contributed by atoms with van der Waals surface area (Å²) in [7, 11) is 0. The highest BCUT2D eigenvalue weighted by atomic mass is 14.3. The van der Waals surface area contributed by atoms with Crippen molar-refractivity contribution in [2.75, 3.05) is 0 Å². The Labute approximate surface area is 104 Å². The van der Waals surface area contributed by atoms with E-state index in [4.69, 9.17) is 5.26 Å². The molecule has 0 N–H and O–H groups in total. The second-order valence-electron chi connectivity index (χ2n) is 4.87. The van der Waals surface area contributed by atoms with E-state index in [0.717, 1.165) is 11.5 Å². The molecule has 1 saturated carbocycles. The van der Waals surface area contributed by atoms with Gasteiger partial charge >= 0.3 is 0 Å². The Bertz CT molecular complexity index is 414. The summed E-state index contributed by atoms with van der Waals surface area (Å²) in [6.07, 6.45) is 9.67. The smallest absolute Gasteiger partial charge is 0.0991 e. The maximum Gasteiger partial charge on any atom is 0.0991 e. The second-order valence-corrected chi connectivity index (χ2v) is 4.87. The summed E-state index contributed by atoms with van der Waals surface area (Å²) >= 11 is 0. The molecule has 1 fully saturated rings. The van der Waals surface area contributed by atoms with Gasteiger partial charge in [0.2, 0.25) is 0 Å². The van der Waals surface area contributed by atoms with Gasteiger partial charge in [0.05, 0.1) is 11.6 Å². The van der Waals surface area contributed by atoms with Gasteiger partial charge in [0.1, 0.15) is 0 Å². The Morgan fingerprint density at radius 3 is 2.29 bits per heavy atom. The minimum absolute atomic E-state index is 0.698. The summed E-state index contributed by atoms with van der Waals surface area (Å²) in [6.45, 7) is 2.10. The van der Waals surface area contributed by atoms with Crippen LogP contribution in [0.15, 0.2) is 36.4 Å². The third-order valence-electron chi connectivity index (χ3n) is 3.75. The number of nitrogens with zero attached hydrogens (tertiary/aromatic N) is 1. The topological polar surface area (TPSA) is 23.8 Å². The third-order valence-corrected chi connectivity index (χ3v) is 3.75. The molecule has 0 spiro atoms. The van der Waals surface area contributed by atoms with Crippen LogP contribution in [0.25, 0.3) is 0 Å². The van der Waals surface area contributed by atoms with Crippen molar-refractivity contribution in [3.05, 3.63) is 47.5 Å². The Hall–Kier alpha value is -1.55. The van der Waals surface area contributed by atoms with Gasteiger partial charge in [0.15, 0.2) is 0 Å². The van der Waals surface area contributed by atoms with Crippen LogP contribution in [0.4, 0.5) is 0 Å². The quantitative estimate of drug-likeness (QED) is 0.684. The molecule has 0 amide bonds. The molecule has 0 saturated heterocycles. The third kappa shape index (κ3) is 2.97. The normalized spacial score (nSPS) is 24.7. The van der Waals surface area contributed by atoms with E-state index in [1.807, 2.05) is 12.1 Å². The summed E-state index contributed by atoms with van der Waals surface area (Å²) < 4.78 is 0. The summed E-state index contributed by atoms with van der Waals surface area (Å²) in [6, 6.07) is 10.3. The first-order valence-electron chi connectivity index (χ1n) is 6.46. The van der Waals surface area contributed by atoms with Crippen LogP contribution in [-0.4, -0.2) is 0 Å². The van der Waals surface area contributed by atoms with Crippen LogP contribution in [0.5, 0.6) is 0 Å². The lowest BCUT2D eigenvalue weighted by Crippen LogP contribution is -2.11. The van der Waals surface area contributed by atoms with Gasteiger partial charge < -0.3 is 0 Å². The molecule has 2 rings (SSSR count). The summed E-state index contributed by atoms with van der Waals surface area (Å²) in [4.78, 5) is 0. The maximum atomic E-state index is 8.77. The van der Waals surface area contributed by atoms with Gasteiger partial charge in [-0.2, -0.15) is 5.26 Å². The standard InChI is InChI=1S/C16H19N/c1-2-3-13-4-8-15(9-5-13)16-10-6-14(12-17)7-11-16/h2-3,6-7,10-11,13,15H,4-5,8-9H2,1H3/b3-2-. The number of benzene rings is 1. The molecule has 1 aliphatic carbocycles. The van der Waals surface area contributed by atoms with E-state index >= 15 is 0 Å². The molecule has 0 bridgehead atoms. The molecule has 17 heavy (non-hydrogen) atoms. The molecule has 1 aromatic carbocycles. The van der Waals surface area contributed by atoms with Crippen molar-refractivity contribution >= 4 is 0 Å². The van der Waals surface area contributed by atoms with Crippen LogP contribution in [0.3, 0.4) is 0 Å². The molecule has 1 aromatic rings. The fourth-order valence-corrected chi connectivity index (χ4v) is 2.75. The van der Waals surface area contributed by atoms with Crippen LogP contribution in [0.2, 0.25) is 0 Å². The Balaban J connectivity index is 1.98. The molecular weight excluding hydrogens is 206 g/mol. The van der Waals surface area contributed by atoms with E-state index < -0.39 is 0 Å². The van der Waals surface area contributed by atoms with Crippen molar-refractivity contribution in [1.82, 2.24) is 0 Å². The molecule has 0 radical (unpaired) electrons. The average molecular weight is 225 g/mol. The number of hydrogen-bond acceptors (Lipinski definition) is 1. The van der Waals surface area contributed by atoms with E-state index in [9.17, 15) is 0 Å². The van der Waals surface area contributed by atoms with Crippen LogP contribution in [-0.2, 0) is 0 Å². The second kappa shape index (κ2) is 5.68. The lowest BCUT2D eigenvalue weighted by Gasteiger charge is -2.27. The molecular formula is C16H19N. The van der Waals surface area contributed by atoms with Gasteiger partial charge in [0, 0.05) is 0 Å². The van der Waals surface area contributed by atoms with E-state index in [1.54, 1.807) is 0 Å². The largest absolute Gasteiger partial charge is 0.192 e. The van der Waals surface area contributed by atoms with Crippen molar-refractivity contribution in [2.45, 2.75) is 38.5 Å². The minimum atomic E-state index is 0.698. The van der Waals surface area contributed by atoms with E-state index in [1.165, 1.54) is 31.2 Å². The van der Waals surface area contributed by atoms with E-state index in [-0.39, 0.29) is 0 Å². The molecule has 88 valence electrons. The van der Waals surface area contributed by atoms with Crippen LogP contribution in [0.1, 0.15) is 49.7 Å². The van der Waals surface area contributed by atoms with Crippen LogP contribution in [0, 0.1) is 17.2 Å². The van der Waals surface area contributed by atoms with E-state index in [0.29, 0.717) is 5.92 Å². The van der Waals surface area contributed by atoms with Gasteiger partial charge in [-0.05, 0) is 62.1 Å². The van der Waals surface area contributed by atoms with Crippen molar-refractivity contribution in [2.24, 2.45) is 5.92 Å². The lowest BCUT2D eigenvalue weighted by atomic mass is 9.78. The molecule has 1 aliphatic rings. The fraction of sp³-hybridized carbons (Fsp3) is 0.438. The summed E-state index contributed by atoms with van der Waals surface area (Å²) in [5.74, 6) is 1.49. The van der Waals surface area contributed by atoms with Crippen LogP contribution >= 0.6 is 0 Å². The van der Waals surface area contributed by atoms with Crippen molar-refractivity contribution < 1.29 is 0 Å². The monoisotopic (exact) mass is 225 g/mol. The zero-order valence-corrected chi connectivity index (χ0v) is 10.4. The van der Waals surface area contributed by atoms with Crippen LogP contribution < -0.4 is 0 Å². The highest BCUT2D eigenvalue weighted by molar-refractivity contribution is 5.33. The highest BCUT2D eigenvalue weighted by Gasteiger charge is 2.20. The Kier molecular flexibility index (Phi) is 3.98. The predicted molar refractivity (Wildman–Crippen MR) is 70.7 cm³/mol. The Morgan fingerprint density at radius 2 is 1.76 bits per heavy atom. The molecule has 0 aromatic heterocycles. The first-order valence-corrected chi connectivity index (χ1v) is 6.46. The zero-order valence-electron chi connectivity index (χ0n) is 10.4. The SMILES string of the molecule is C/C=C\C1CCC(c2ccc(C#N)cc2)CC1. The van der Waals surface area contributed by atoms with Crippen molar-refractivity contribution in [3.63, 3.8) is 0 Å². The van der Waals surface area contributed by atoms with Crippen molar-refractivity contribution in [3.8, 4) is 6.07 Å². The van der Waals surface area contributed by atoms with Gasteiger partial charge in [-0.15, -0.1) is 0 Å². The molecule has 0 aliphatic heterocycles. The zero-order chi connectivity index (χ0) is 12.1. The number of rotatable bonds is 2. The average Bonchev–Trinajstić information content (AvgIpc) is 2.40. The summed E-state index contributed by atoms with van der Waals surface area (Å²) in [5.41, 5.74) is 2.17. The highest BCUT2D eigenvalue weighted by Crippen LogP contribution is 2.36. The van der Waals surface area contributed by atoms with Gasteiger partial charge in [-0.3, -0.25) is 0 Å². The number of hydrogen-bond donors (Lipinski definition) is 0. The number of allylic oxidation sites excluding steroid dienone is 2. The lowest BCUT2D eigenvalue weighted by molar-refractivity contribution is 0.375. The van der Waals surface area contributed by atoms with E-state index in [2.05, 4.69) is 37.3 Å². The van der Waals surface area contributed by atoms with Crippen molar-refractivity contribution in [1.29, 1.82) is 5.26 Å². The first-order chi connectivity index (χ1) is 8.33. The minimum Gasteiger partial charge on any atom is -0.192 e. The fourth-order valence-electron chi connectivity index (χ4n) is 2.75. The number of nitriles is 1. The van der Waals surface area contributed by atoms with Gasteiger partial charge in [0.25, 0.3) is 0 Å². The summed E-state index contributed by atoms with van der Waals surface area (Å²) in [5, 5.41) is 8.77. The molecule has 0 unspecified atom stereocenters. The maximum absolute atomic E-state index is 8.77. The van der Waals surface area contributed by atoms with Gasteiger partial charge in [-0.1, -0.05) is 24.3 Å². The Morgan fingerprint density at radius 1 is 1.12 bits per heavy atom. The molecule has 0 atom stereocenters. The first kappa shape index (κ1) is 11.9. The predicted octanol–water partition coefficient (Wildman–Crippen LogP) is 4.41. The molecule has 1 nitrogen and oxygen atoms in total. The molecule has 1 heteroatoms.